The van der Waals surface area contributed by atoms with Crippen molar-refractivity contribution in [1.82, 2.24) is 0 Å². The van der Waals surface area contributed by atoms with Gasteiger partial charge in [0.25, 0.3) is 0 Å². The zero-order chi connectivity index (χ0) is 12.8. The molecular weight excluding hydrogens is 216 g/mol. The van der Waals surface area contributed by atoms with Crippen molar-refractivity contribution in [3.63, 3.8) is 0 Å². The largest absolute Gasteiger partial charge is 0.468 e. The molecule has 94 valence electrons. The number of ether oxygens (including phenoxy) is 1. The molecule has 1 atom stereocenters. The summed E-state index contributed by atoms with van der Waals surface area (Å²) in [6.45, 7) is 6.13. The van der Waals surface area contributed by atoms with Gasteiger partial charge in [-0.15, -0.1) is 0 Å². The van der Waals surface area contributed by atoms with Crippen molar-refractivity contribution < 1.29 is 9.53 Å². The van der Waals surface area contributed by atoms with Crippen molar-refractivity contribution in [2.45, 2.75) is 19.9 Å². The fourth-order valence-electron chi connectivity index (χ4n) is 1.74. The molecule has 4 nitrogen and oxygen atoms in total. The summed E-state index contributed by atoms with van der Waals surface area (Å²) in [4.78, 5) is 13.5. The molecule has 0 aliphatic heterocycles. The van der Waals surface area contributed by atoms with Crippen LogP contribution in [0, 0.1) is 0 Å². The van der Waals surface area contributed by atoms with E-state index in [0.717, 1.165) is 24.3 Å². The van der Waals surface area contributed by atoms with E-state index in [0.29, 0.717) is 0 Å². The minimum absolute atomic E-state index is 0.416. The first kappa shape index (κ1) is 13.5. The monoisotopic (exact) mass is 236 g/mol. The average molecular weight is 236 g/mol. The smallest absolute Gasteiger partial charge is 0.327 e. The Labute approximate surface area is 102 Å². The summed E-state index contributed by atoms with van der Waals surface area (Å²) in [6.07, 6.45) is 0. The van der Waals surface area contributed by atoms with Gasteiger partial charge in [-0.3, -0.25) is 4.79 Å². The Hall–Kier alpha value is -1.55. The minimum Gasteiger partial charge on any atom is -0.468 e. The minimum atomic E-state index is -0.703. The first-order valence-corrected chi connectivity index (χ1v) is 5.82. The van der Waals surface area contributed by atoms with Crippen LogP contribution in [0.25, 0.3) is 0 Å². The maximum atomic E-state index is 11.3. The highest BCUT2D eigenvalue weighted by Gasteiger charge is 2.15. The number of carbonyl (C=O) groups is 1. The summed E-state index contributed by atoms with van der Waals surface area (Å²) in [5.41, 5.74) is 7.66. The Morgan fingerprint density at radius 3 is 2.24 bits per heavy atom. The van der Waals surface area contributed by atoms with E-state index in [1.165, 1.54) is 7.11 Å². The number of rotatable bonds is 5. The maximum Gasteiger partial charge on any atom is 0.327 e. The van der Waals surface area contributed by atoms with E-state index in [-0.39, 0.29) is 0 Å². The van der Waals surface area contributed by atoms with E-state index in [2.05, 4.69) is 23.5 Å². The zero-order valence-electron chi connectivity index (χ0n) is 10.6. The quantitative estimate of drug-likeness (QED) is 0.791. The number of hydrogen-bond acceptors (Lipinski definition) is 4. The fraction of sp³-hybridized carbons (Fsp3) is 0.462. The van der Waals surface area contributed by atoms with Crippen LogP contribution < -0.4 is 10.6 Å². The second kappa shape index (κ2) is 6.25. The van der Waals surface area contributed by atoms with Crippen molar-refractivity contribution in [1.29, 1.82) is 0 Å². The third-order valence-electron chi connectivity index (χ3n) is 2.84. The molecule has 0 unspecified atom stereocenters. The van der Waals surface area contributed by atoms with Crippen LogP contribution in [0.4, 0.5) is 5.69 Å². The lowest BCUT2D eigenvalue weighted by atomic mass is 10.1. The lowest BCUT2D eigenvalue weighted by Gasteiger charge is -2.21. The van der Waals surface area contributed by atoms with Gasteiger partial charge in [-0.1, -0.05) is 12.1 Å². The van der Waals surface area contributed by atoms with E-state index in [1.54, 1.807) is 0 Å². The molecule has 0 bridgehead atoms. The molecule has 0 aliphatic rings. The van der Waals surface area contributed by atoms with E-state index < -0.39 is 12.0 Å². The number of hydrogen-bond donors (Lipinski definition) is 1. The first-order chi connectivity index (χ1) is 8.13. The molecule has 0 fully saturated rings. The Balaban J connectivity index is 2.84. The maximum absolute atomic E-state index is 11.3. The normalized spacial score (nSPS) is 12.0. The van der Waals surface area contributed by atoms with Crippen LogP contribution in [-0.2, 0) is 9.53 Å². The molecule has 0 aliphatic carbocycles. The zero-order valence-corrected chi connectivity index (χ0v) is 10.6. The van der Waals surface area contributed by atoms with Crippen LogP contribution in [0.1, 0.15) is 25.5 Å². The Bertz CT molecular complexity index is 358. The van der Waals surface area contributed by atoms with Gasteiger partial charge in [0.05, 0.1) is 7.11 Å². The van der Waals surface area contributed by atoms with Crippen LogP contribution in [0.2, 0.25) is 0 Å². The van der Waals surface area contributed by atoms with E-state index in [4.69, 9.17) is 5.73 Å². The van der Waals surface area contributed by atoms with Crippen LogP contribution in [-0.4, -0.2) is 26.2 Å². The first-order valence-electron chi connectivity index (χ1n) is 5.82. The third kappa shape index (κ3) is 3.20. The van der Waals surface area contributed by atoms with Gasteiger partial charge in [0.1, 0.15) is 6.04 Å². The number of anilines is 1. The molecule has 0 heterocycles. The fourth-order valence-corrected chi connectivity index (χ4v) is 1.74. The van der Waals surface area contributed by atoms with Crippen molar-refractivity contribution >= 4 is 11.7 Å². The van der Waals surface area contributed by atoms with Crippen LogP contribution in [0.5, 0.6) is 0 Å². The summed E-state index contributed by atoms with van der Waals surface area (Å²) < 4.78 is 4.61. The van der Waals surface area contributed by atoms with Gasteiger partial charge in [-0.05, 0) is 31.5 Å². The number of benzene rings is 1. The third-order valence-corrected chi connectivity index (χ3v) is 2.84. The van der Waals surface area contributed by atoms with Gasteiger partial charge >= 0.3 is 5.97 Å². The lowest BCUT2D eigenvalue weighted by molar-refractivity contribution is -0.142. The predicted molar refractivity (Wildman–Crippen MR) is 68.9 cm³/mol. The summed E-state index contributed by atoms with van der Waals surface area (Å²) in [5.74, 6) is -0.416. The molecule has 0 saturated carbocycles. The molecule has 0 spiro atoms. The van der Waals surface area contributed by atoms with E-state index >= 15 is 0 Å². The highest BCUT2D eigenvalue weighted by molar-refractivity contribution is 5.77. The van der Waals surface area contributed by atoms with Gasteiger partial charge in [-0.2, -0.15) is 0 Å². The summed E-state index contributed by atoms with van der Waals surface area (Å²) in [5, 5.41) is 0. The molecule has 1 aromatic rings. The molecule has 17 heavy (non-hydrogen) atoms. The van der Waals surface area contributed by atoms with Gasteiger partial charge in [0.15, 0.2) is 0 Å². The number of methoxy groups -OCH3 is 1. The highest BCUT2D eigenvalue weighted by Crippen LogP contribution is 2.18. The number of nitrogens with two attached hydrogens (primary N) is 1. The average Bonchev–Trinajstić information content (AvgIpc) is 2.39. The van der Waals surface area contributed by atoms with Crippen LogP contribution >= 0.6 is 0 Å². The Kier molecular flexibility index (Phi) is 4.97. The van der Waals surface area contributed by atoms with Gasteiger partial charge in [-0.25, -0.2) is 0 Å². The lowest BCUT2D eigenvalue weighted by Crippen LogP contribution is -2.24. The van der Waals surface area contributed by atoms with Gasteiger partial charge in [0, 0.05) is 18.8 Å². The summed E-state index contributed by atoms with van der Waals surface area (Å²) in [7, 11) is 1.34. The Morgan fingerprint density at radius 1 is 1.29 bits per heavy atom. The molecule has 0 saturated heterocycles. The van der Waals surface area contributed by atoms with Crippen molar-refractivity contribution in [2.24, 2.45) is 5.73 Å². The Morgan fingerprint density at radius 2 is 1.82 bits per heavy atom. The molecule has 4 heteroatoms. The SMILES string of the molecule is CCN(CC)c1ccc([C@@H](N)C(=O)OC)cc1. The molecule has 0 radical (unpaired) electrons. The number of carbonyl (C=O) groups excluding carboxylic acids is 1. The number of esters is 1. The number of nitrogens with zero attached hydrogens (tertiary/aromatic N) is 1. The molecule has 1 aromatic carbocycles. The van der Waals surface area contributed by atoms with Crippen LogP contribution in [0.15, 0.2) is 24.3 Å². The molecule has 0 amide bonds. The second-order valence-electron chi connectivity index (χ2n) is 3.76. The molecule has 0 aromatic heterocycles. The molecular formula is C13H20N2O2. The van der Waals surface area contributed by atoms with Gasteiger partial charge in [0.2, 0.25) is 0 Å². The van der Waals surface area contributed by atoms with E-state index in [1.807, 2.05) is 24.3 Å². The van der Waals surface area contributed by atoms with Crippen molar-refractivity contribution in [3.05, 3.63) is 29.8 Å². The van der Waals surface area contributed by atoms with Gasteiger partial charge < -0.3 is 15.4 Å². The predicted octanol–water partition coefficient (Wildman–Crippen LogP) is 1.71. The highest BCUT2D eigenvalue weighted by atomic mass is 16.5. The van der Waals surface area contributed by atoms with E-state index in [9.17, 15) is 4.79 Å². The second-order valence-corrected chi connectivity index (χ2v) is 3.76. The topological polar surface area (TPSA) is 55.6 Å². The summed E-state index contributed by atoms with van der Waals surface area (Å²) in [6, 6.07) is 6.99. The standard InChI is InChI=1S/C13H20N2O2/c1-4-15(5-2)11-8-6-10(7-9-11)12(14)13(16)17-3/h6-9,12H,4-5,14H2,1-3H3/t12-/m1/s1. The van der Waals surface area contributed by atoms with Crippen molar-refractivity contribution in [3.8, 4) is 0 Å². The van der Waals surface area contributed by atoms with Crippen molar-refractivity contribution in [2.75, 3.05) is 25.1 Å². The van der Waals surface area contributed by atoms with Crippen LogP contribution in [0.3, 0.4) is 0 Å². The molecule has 1 rings (SSSR count). The summed E-state index contributed by atoms with van der Waals surface area (Å²) >= 11 is 0. The molecule has 2 N–H and O–H groups in total.